The van der Waals surface area contributed by atoms with Gasteiger partial charge in [-0.2, -0.15) is 0 Å². The maximum Gasteiger partial charge on any atom is 0.313 e. The van der Waals surface area contributed by atoms with Crippen molar-refractivity contribution in [2.75, 3.05) is 32.8 Å². The molecule has 4 rings (SSSR count). The van der Waals surface area contributed by atoms with Gasteiger partial charge >= 0.3 is 5.97 Å². The van der Waals surface area contributed by atoms with E-state index in [2.05, 4.69) is 6.92 Å². The fourth-order valence-electron chi connectivity index (χ4n) is 5.38. The fraction of sp³-hybridized carbons (Fsp3) is 0.696. The number of fused-ring (bicyclic) bond motifs is 2. The van der Waals surface area contributed by atoms with Crippen molar-refractivity contribution in [3.8, 4) is 0 Å². The molecule has 0 aromatic rings. The van der Waals surface area contributed by atoms with E-state index in [0.717, 1.165) is 19.3 Å². The van der Waals surface area contributed by atoms with Crippen molar-refractivity contribution in [1.82, 2.24) is 9.80 Å². The van der Waals surface area contributed by atoms with Gasteiger partial charge in [0.25, 0.3) is 0 Å². The molecule has 4 aliphatic heterocycles. The van der Waals surface area contributed by atoms with E-state index in [-0.39, 0.29) is 25.0 Å². The van der Waals surface area contributed by atoms with Crippen LogP contribution in [-0.2, 0) is 23.9 Å². The minimum atomic E-state index is -1.16. The predicted octanol–water partition coefficient (Wildman–Crippen LogP) is 1.04. The zero-order chi connectivity index (χ0) is 22.0. The highest BCUT2D eigenvalue weighted by Gasteiger charge is 2.71. The third-order valence-electron chi connectivity index (χ3n) is 6.84. The molecule has 0 aromatic heterocycles. The van der Waals surface area contributed by atoms with E-state index < -0.39 is 35.6 Å². The first-order valence-electron chi connectivity index (χ1n) is 11.4. The lowest BCUT2D eigenvalue weighted by atomic mass is 9.78. The van der Waals surface area contributed by atoms with Crippen LogP contribution in [0.15, 0.2) is 24.3 Å². The van der Waals surface area contributed by atoms with Crippen LogP contribution >= 0.6 is 0 Å². The number of likely N-dealkylation sites (tertiary alicyclic amines) is 1. The highest BCUT2D eigenvalue weighted by molar-refractivity contribution is 5.99. The van der Waals surface area contributed by atoms with Gasteiger partial charge in [-0.1, -0.05) is 31.6 Å². The molecule has 0 saturated carbocycles. The molecule has 31 heavy (non-hydrogen) atoms. The van der Waals surface area contributed by atoms with E-state index in [9.17, 15) is 14.4 Å². The number of amides is 2. The zero-order valence-electron chi connectivity index (χ0n) is 18.1. The van der Waals surface area contributed by atoms with Gasteiger partial charge in [-0.25, -0.2) is 0 Å². The zero-order valence-corrected chi connectivity index (χ0v) is 18.1. The van der Waals surface area contributed by atoms with Crippen molar-refractivity contribution in [2.45, 2.75) is 56.8 Å². The van der Waals surface area contributed by atoms with Crippen LogP contribution in [0.25, 0.3) is 0 Å². The van der Waals surface area contributed by atoms with Crippen molar-refractivity contribution in [1.29, 1.82) is 0 Å². The monoisotopic (exact) mass is 432 g/mol. The number of nitrogens with zero attached hydrogens (tertiary/aromatic N) is 2. The van der Waals surface area contributed by atoms with E-state index in [1.807, 2.05) is 12.2 Å². The largest absolute Gasteiger partial charge is 0.461 e. The molecule has 5 atom stereocenters. The van der Waals surface area contributed by atoms with Gasteiger partial charge in [-0.15, -0.1) is 0 Å². The number of hydrogen-bond donors (Lipinski definition) is 1. The molecule has 1 N–H and O–H groups in total. The summed E-state index contributed by atoms with van der Waals surface area (Å²) in [5, 5.41) is 9.08. The van der Waals surface area contributed by atoms with E-state index >= 15 is 0 Å². The van der Waals surface area contributed by atoms with Crippen LogP contribution in [0.4, 0.5) is 0 Å². The summed E-state index contributed by atoms with van der Waals surface area (Å²) >= 11 is 0. The Hall–Kier alpha value is -2.19. The lowest BCUT2D eigenvalue weighted by Gasteiger charge is -2.35. The first kappa shape index (κ1) is 22.0. The van der Waals surface area contributed by atoms with E-state index in [1.165, 1.54) is 0 Å². The maximum atomic E-state index is 13.7. The number of cyclic esters (lactones) is 1. The topological polar surface area (TPSA) is 96.4 Å². The molecule has 8 heteroatoms. The first-order chi connectivity index (χ1) is 15.0. The van der Waals surface area contributed by atoms with Crippen LogP contribution in [0.5, 0.6) is 0 Å². The maximum absolute atomic E-state index is 13.7. The molecule has 1 unspecified atom stereocenters. The van der Waals surface area contributed by atoms with Crippen molar-refractivity contribution < 1.29 is 29.0 Å². The number of hydrogen-bond acceptors (Lipinski definition) is 6. The molecule has 2 amide bonds. The SMILES string of the molecule is CCCCN1CC=CC23O[C@@H]4C=CCOC(=O)[C@@H]4[C@H]2C(=O)N(CCCCCO)[C@@H]3C1=O. The lowest BCUT2D eigenvalue weighted by molar-refractivity contribution is -0.153. The molecule has 0 bridgehead atoms. The standard InChI is InChI=1S/C23H32N2O6/c1-2-3-11-24-12-8-10-23-18(17-16(31-23)9-7-15-30-22(17)29)20(27)25(19(23)21(24)28)13-5-4-6-14-26/h7-10,16-19,26H,2-6,11-15H2,1H3/t16-,17+,18+,19-,23?/m1/s1. The Bertz CT molecular complexity index is 780. The minimum absolute atomic E-state index is 0.0987. The van der Waals surface area contributed by atoms with E-state index in [1.54, 1.807) is 22.0 Å². The van der Waals surface area contributed by atoms with Crippen LogP contribution in [0.1, 0.15) is 39.0 Å². The summed E-state index contributed by atoms with van der Waals surface area (Å²) in [5.74, 6) is -2.31. The smallest absolute Gasteiger partial charge is 0.313 e. The summed E-state index contributed by atoms with van der Waals surface area (Å²) < 4.78 is 11.7. The number of unbranched alkanes of at least 4 members (excludes halogenated alkanes) is 3. The Labute approximate surface area is 182 Å². The first-order valence-corrected chi connectivity index (χ1v) is 11.4. The predicted molar refractivity (Wildman–Crippen MR) is 112 cm³/mol. The normalized spacial score (nSPS) is 34.3. The number of rotatable bonds is 8. The van der Waals surface area contributed by atoms with Crippen LogP contribution in [0.3, 0.4) is 0 Å². The lowest BCUT2D eigenvalue weighted by Crippen LogP contribution is -2.55. The number of carbonyl (C=O) groups excluding carboxylic acids is 3. The van der Waals surface area contributed by atoms with Crippen LogP contribution < -0.4 is 0 Å². The third kappa shape index (κ3) is 3.69. The van der Waals surface area contributed by atoms with Gasteiger partial charge in [0.15, 0.2) is 0 Å². The third-order valence-corrected chi connectivity index (χ3v) is 6.84. The second-order valence-electron chi connectivity index (χ2n) is 8.76. The highest BCUT2D eigenvalue weighted by Crippen LogP contribution is 2.53. The molecule has 0 aliphatic carbocycles. The molecular weight excluding hydrogens is 400 g/mol. The number of aliphatic hydroxyl groups excluding tert-OH is 1. The molecule has 2 fully saturated rings. The molecule has 4 heterocycles. The summed E-state index contributed by atoms with van der Waals surface area (Å²) in [6.07, 6.45) is 10.6. The van der Waals surface area contributed by atoms with Crippen LogP contribution in [0, 0.1) is 11.8 Å². The summed E-state index contributed by atoms with van der Waals surface area (Å²) in [4.78, 5) is 43.6. The van der Waals surface area contributed by atoms with E-state index in [4.69, 9.17) is 14.6 Å². The Morgan fingerprint density at radius 1 is 1.10 bits per heavy atom. The van der Waals surface area contributed by atoms with Gasteiger partial charge < -0.3 is 24.4 Å². The number of aliphatic hydroxyl groups is 1. The Morgan fingerprint density at radius 3 is 2.71 bits per heavy atom. The van der Waals surface area contributed by atoms with Crippen molar-refractivity contribution in [3.63, 3.8) is 0 Å². The molecule has 170 valence electrons. The average Bonchev–Trinajstić information content (AvgIpc) is 3.05. The van der Waals surface area contributed by atoms with E-state index in [0.29, 0.717) is 32.5 Å². The molecular formula is C23H32N2O6. The Balaban J connectivity index is 1.71. The molecule has 0 aromatic carbocycles. The van der Waals surface area contributed by atoms with Gasteiger partial charge in [0.1, 0.15) is 24.2 Å². The van der Waals surface area contributed by atoms with Gasteiger partial charge in [0.05, 0.1) is 12.0 Å². The molecule has 4 aliphatic rings. The minimum Gasteiger partial charge on any atom is -0.461 e. The quantitative estimate of drug-likeness (QED) is 0.350. The molecule has 1 spiro atoms. The second kappa shape index (κ2) is 9.12. The molecule has 2 saturated heterocycles. The molecule has 8 nitrogen and oxygen atoms in total. The summed E-state index contributed by atoms with van der Waals surface area (Å²) in [7, 11) is 0. The fourth-order valence-corrected chi connectivity index (χ4v) is 5.38. The Morgan fingerprint density at radius 2 is 1.94 bits per heavy atom. The van der Waals surface area contributed by atoms with Gasteiger partial charge in [-0.05, 0) is 31.8 Å². The number of esters is 1. The number of ether oxygens (including phenoxy) is 2. The van der Waals surface area contributed by atoms with Gasteiger partial charge in [0.2, 0.25) is 11.8 Å². The van der Waals surface area contributed by atoms with Gasteiger partial charge in [0, 0.05) is 26.2 Å². The summed E-state index contributed by atoms with van der Waals surface area (Å²) in [5.41, 5.74) is -1.16. The van der Waals surface area contributed by atoms with Gasteiger partial charge in [-0.3, -0.25) is 14.4 Å². The summed E-state index contributed by atoms with van der Waals surface area (Å²) in [6.45, 7) is 3.83. The van der Waals surface area contributed by atoms with Crippen molar-refractivity contribution in [3.05, 3.63) is 24.3 Å². The Kier molecular flexibility index (Phi) is 6.48. The second-order valence-corrected chi connectivity index (χ2v) is 8.76. The van der Waals surface area contributed by atoms with Crippen LogP contribution in [0.2, 0.25) is 0 Å². The summed E-state index contributed by atoms with van der Waals surface area (Å²) in [6, 6.07) is -0.789. The van der Waals surface area contributed by atoms with Crippen LogP contribution in [-0.4, -0.2) is 83.3 Å². The molecule has 0 radical (unpaired) electrons. The van der Waals surface area contributed by atoms with Crippen molar-refractivity contribution in [2.24, 2.45) is 11.8 Å². The average molecular weight is 433 g/mol. The number of carbonyl (C=O) groups is 3. The highest BCUT2D eigenvalue weighted by atomic mass is 16.6. The van der Waals surface area contributed by atoms with Crippen molar-refractivity contribution >= 4 is 17.8 Å².